The van der Waals surface area contributed by atoms with Gasteiger partial charge in [0.15, 0.2) is 0 Å². The molecule has 0 aliphatic carbocycles. The van der Waals surface area contributed by atoms with Crippen molar-refractivity contribution in [3.05, 3.63) is 119 Å². The maximum atomic E-state index is 5.67. The van der Waals surface area contributed by atoms with E-state index in [-0.39, 0.29) is 4.75 Å². The Morgan fingerprint density at radius 3 is 1.38 bits per heavy atom. The minimum absolute atomic E-state index is 0.296. The van der Waals surface area contributed by atoms with Crippen molar-refractivity contribution >= 4 is 11.8 Å². The van der Waals surface area contributed by atoms with Gasteiger partial charge in [-0.25, -0.2) is 0 Å². The minimum atomic E-state index is -0.296. The molecular weight excluding hydrogens is 310 g/mol. The number of nitrogens with two attached hydrogens (primary N) is 1. The number of hydrogen-bond donors (Lipinski definition) is 1. The maximum Gasteiger partial charge on any atom is 0.0948 e. The third-order valence-corrected chi connectivity index (χ3v) is 5.41. The first kappa shape index (κ1) is 16.6. The Morgan fingerprint density at radius 2 is 1.04 bits per heavy atom. The molecule has 0 amide bonds. The minimum Gasteiger partial charge on any atom is -0.327 e. The summed E-state index contributed by atoms with van der Waals surface area (Å²) >= 11 is 1.79. The standard InChI is InChI=1S/C22H21NS/c23-17-10-18-24-22(19-11-4-1-5-12-19,20-13-6-2-7-14-20)21-15-8-3-9-16-21/h1-16,18H,17,23H2/b18-10-. The average Bonchev–Trinajstić information content (AvgIpc) is 2.68. The fourth-order valence-corrected chi connectivity index (χ4v) is 4.16. The van der Waals surface area contributed by atoms with Gasteiger partial charge in [-0.15, -0.1) is 11.8 Å². The number of hydrogen-bond acceptors (Lipinski definition) is 2. The van der Waals surface area contributed by atoms with Crippen molar-refractivity contribution in [2.75, 3.05) is 6.54 Å². The molecule has 0 unspecified atom stereocenters. The molecule has 1 nitrogen and oxygen atoms in total. The van der Waals surface area contributed by atoms with Crippen LogP contribution in [0.4, 0.5) is 0 Å². The highest BCUT2D eigenvalue weighted by Crippen LogP contribution is 2.48. The average molecular weight is 331 g/mol. The van der Waals surface area contributed by atoms with Crippen LogP contribution < -0.4 is 5.73 Å². The van der Waals surface area contributed by atoms with Gasteiger partial charge in [0.25, 0.3) is 0 Å². The van der Waals surface area contributed by atoms with Crippen molar-refractivity contribution in [3.8, 4) is 0 Å². The van der Waals surface area contributed by atoms with E-state index in [0.29, 0.717) is 6.54 Å². The molecule has 2 N–H and O–H groups in total. The molecule has 120 valence electrons. The largest absolute Gasteiger partial charge is 0.327 e. The Balaban J connectivity index is 2.26. The van der Waals surface area contributed by atoms with Crippen LogP contribution in [0.1, 0.15) is 16.7 Å². The second kappa shape index (κ2) is 8.00. The van der Waals surface area contributed by atoms with E-state index in [1.807, 2.05) is 6.08 Å². The quantitative estimate of drug-likeness (QED) is 0.630. The van der Waals surface area contributed by atoms with Crippen LogP contribution in [0.25, 0.3) is 0 Å². The number of thioether (sulfide) groups is 1. The maximum absolute atomic E-state index is 5.67. The molecule has 0 atom stereocenters. The van der Waals surface area contributed by atoms with E-state index in [2.05, 4.69) is 96.4 Å². The van der Waals surface area contributed by atoms with Crippen LogP contribution in [-0.4, -0.2) is 6.54 Å². The Bertz CT molecular complexity index is 670. The molecule has 0 radical (unpaired) electrons. The van der Waals surface area contributed by atoms with E-state index in [9.17, 15) is 0 Å². The smallest absolute Gasteiger partial charge is 0.0948 e. The molecule has 0 aliphatic heterocycles. The highest BCUT2D eigenvalue weighted by atomic mass is 32.2. The molecule has 0 aliphatic rings. The lowest BCUT2D eigenvalue weighted by Gasteiger charge is -2.34. The van der Waals surface area contributed by atoms with Crippen molar-refractivity contribution in [2.45, 2.75) is 4.75 Å². The monoisotopic (exact) mass is 331 g/mol. The first-order valence-corrected chi connectivity index (χ1v) is 8.95. The lowest BCUT2D eigenvalue weighted by Crippen LogP contribution is -2.24. The summed E-state index contributed by atoms with van der Waals surface area (Å²) in [5, 5.41) is 2.12. The van der Waals surface area contributed by atoms with Gasteiger partial charge in [0, 0.05) is 6.54 Å². The van der Waals surface area contributed by atoms with Crippen molar-refractivity contribution in [1.82, 2.24) is 0 Å². The summed E-state index contributed by atoms with van der Waals surface area (Å²) in [5.74, 6) is 0. The molecule has 0 saturated carbocycles. The lowest BCUT2D eigenvalue weighted by atomic mass is 9.84. The SMILES string of the molecule is NC/C=C\SC(c1ccccc1)(c1ccccc1)c1ccccc1. The fourth-order valence-electron chi connectivity index (χ4n) is 2.93. The summed E-state index contributed by atoms with van der Waals surface area (Å²) in [6.07, 6.45) is 2.01. The predicted octanol–water partition coefficient (Wildman–Crippen LogP) is 5.18. The van der Waals surface area contributed by atoms with E-state index in [1.54, 1.807) is 11.8 Å². The highest BCUT2D eigenvalue weighted by Gasteiger charge is 2.36. The van der Waals surface area contributed by atoms with Crippen LogP contribution in [0.5, 0.6) is 0 Å². The van der Waals surface area contributed by atoms with Crippen molar-refractivity contribution in [2.24, 2.45) is 5.73 Å². The lowest BCUT2D eigenvalue weighted by molar-refractivity contribution is 0.900. The zero-order valence-electron chi connectivity index (χ0n) is 13.5. The third-order valence-electron chi connectivity index (χ3n) is 4.02. The van der Waals surface area contributed by atoms with Gasteiger partial charge >= 0.3 is 0 Å². The molecule has 0 aromatic heterocycles. The molecule has 0 fully saturated rings. The first-order chi connectivity index (χ1) is 11.9. The van der Waals surface area contributed by atoms with Crippen LogP contribution in [-0.2, 0) is 4.75 Å². The molecule has 3 aromatic rings. The van der Waals surface area contributed by atoms with E-state index >= 15 is 0 Å². The Kier molecular flexibility index (Phi) is 5.52. The Labute approximate surface area is 148 Å². The van der Waals surface area contributed by atoms with Gasteiger partial charge in [-0.3, -0.25) is 0 Å². The predicted molar refractivity (Wildman–Crippen MR) is 105 cm³/mol. The molecule has 0 bridgehead atoms. The summed E-state index contributed by atoms with van der Waals surface area (Å²) in [5.41, 5.74) is 9.45. The van der Waals surface area contributed by atoms with Gasteiger partial charge in [-0.1, -0.05) is 97.1 Å². The topological polar surface area (TPSA) is 26.0 Å². The molecule has 24 heavy (non-hydrogen) atoms. The van der Waals surface area contributed by atoms with Gasteiger partial charge in [-0.05, 0) is 22.1 Å². The molecule has 0 heterocycles. The van der Waals surface area contributed by atoms with Crippen molar-refractivity contribution in [3.63, 3.8) is 0 Å². The molecule has 0 spiro atoms. The van der Waals surface area contributed by atoms with Gasteiger partial charge in [0.1, 0.15) is 0 Å². The highest BCUT2D eigenvalue weighted by molar-refractivity contribution is 8.03. The van der Waals surface area contributed by atoms with Crippen LogP contribution in [0.2, 0.25) is 0 Å². The summed E-state index contributed by atoms with van der Waals surface area (Å²) in [4.78, 5) is 0. The van der Waals surface area contributed by atoms with Gasteiger partial charge in [0.2, 0.25) is 0 Å². The second-order valence-corrected chi connectivity index (χ2v) is 6.62. The van der Waals surface area contributed by atoms with Crippen LogP contribution in [0.3, 0.4) is 0 Å². The molecule has 3 aromatic carbocycles. The molecule has 3 rings (SSSR count). The summed E-state index contributed by atoms with van der Waals surface area (Å²) in [6.45, 7) is 0.543. The van der Waals surface area contributed by atoms with E-state index in [0.717, 1.165) is 0 Å². The van der Waals surface area contributed by atoms with Gasteiger partial charge in [-0.2, -0.15) is 0 Å². The van der Waals surface area contributed by atoms with E-state index in [1.165, 1.54) is 16.7 Å². The number of benzene rings is 3. The van der Waals surface area contributed by atoms with E-state index in [4.69, 9.17) is 5.73 Å². The van der Waals surface area contributed by atoms with Gasteiger partial charge < -0.3 is 5.73 Å². The number of rotatable bonds is 6. The fraction of sp³-hybridized carbons (Fsp3) is 0.0909. The Hall–Kier alpha value is -2.29. The van der Waals surface area contributed by atoms with Crippen molar-refractivity contribution < 1.29 is 0 Å². The Morgan fingerprint density at radius 1 is 0.667 bits per heavy atom. The molecule has 2 heteroatoms. The molecule has 0 saturated heterocycles. The van der Waals surface area contributed by atoms with Crippen LogP contribution >= 0.6 is 11.8 Å². The summed E-state index contributed by atoms with van der Waals surface area (Å²) < 4.78 is -0.296. The summed E-state index contributed by atoms with van der Waals surface area (Å²) in [6, 6.07) is 32.0. The zero-order chi connectivity index (χ0) is 16.7. The third kappa shape index (κ3) is 3.30. The first-order valence-electron chi connectivity index (χ1n) is 8.07. The van der Waals surface area contributed by atoms with E-state index < -0.39 is 0 Å². The normalized spacial score (nSPS) is 11.7. The van der Waals surface area contributed by atoms with Gasteiger partial charge in [0.05, 0.1) is 4.75 Å². The summed E-state index contributed by atoms with van der Waals surface area (Å²) in [7, 11) is 0. The second-order valence-electron chi connectivity index (χ2n) is 5.50. The molecular formula is C22H21NS. The van der Waals surface area contributed by atoms with Crippen molar-refractivity contribution in [1.29, 1.82) is 0 Å². The van der Waals surface area contributed by atoms with Crippen LogP contribution in [0, 0.1) is 0 Å². The van der Waals surface area contributed by atoms with Crippen LogP contribution in [0.15, 0.2) is 102 Å². The zero-order valence-corrected chi connectivity index (χ0v) is 14.3.